The fraction of sp³-hybridized carbons (Fsp3) is 0.524. The van der Waals surface area contributed by atoms with E-state index in [1.54, 1.807) is 12.5 Å². The minimum Gasteiger partial charge on any atom is -0.472 e. The lowest BCUT2D eigenvalue weighted by atomic mass is 9.46. The summed E-state index contributed by atoms with van der Waals surface area (Å²) in [6.45, 7) is 4.36. The summed E-state index contributed by atoms with van der Waals surface area (Å²) in [5, 5.41) is 0. The molecule has 6 heteroatoms. The van der Waals surface area contributed by atoms with Crippen LogP contribution in [0.15, 0.2) is 46.8 Å². The van der Waals surface area contributed by atoms with Crippen molar-refractivity contribution in [2.24, 2.45) is 16.7 Å². The molecule has 27 heavy (non-hydrogen) atoms. The van der Waals surface area contributed by atoms with E-state index < -0.39 is 23.1 Å². The van der Waals surface area contributed by atoms with Gasteiger partial charge in [0.1, 0.15) is 5.41 Å². The second-order valence-corrected chi connectivity index (χ2v) is 7.98. The molecule has 2 saturated heterocycles. The SMILES string of the molecule is C=C1CC[C@]23C(=O)O[C@H]4O[C@H](c5ccoc5)C[C@]14[C@H]2CCC=C3C(=O)OC. The molecule has 1 aromatic heterocycles. The third-order valence-corrected chi connectivity index (χ3v) is 7.11. The maximum Gasteiger partial charge on any atom is 0.334 e. The molecule has 5 rings (SSSR count). The summed E-state index contributed by atoms with van der Waals surface area (Å²) < 4.78 is 22.3. The molecule has 1 spiro atoms. The van der Waals surface area contributed by atoms with Crippen LogP contribution >= 0.6 is 0 Å². The Morgan fingerprint density at radius 1 is 1.41 bits per heavy atom. The summed E-state index contributed by atoms with van der Waals surface area (Å²) in [5.74, 6) is -0.888. The van der Waals surface area contributed by atoms with E-state index in [0.717, 1.165) is 24.0 Å². The van der Waals surface area contributed by atoms with Crippen LogP contribution in [0.5, 0.6) is 0 Å². The van der Waals surface area contributed by atoms with Crippen LogP contribution in [0, 0.1) is 16.7 Å². The molecule has 3 heterocycles. The summed E-state index contributed by atoms with van der Waals surface area (Å²) in [5.41, 5.74) is 0.985. The Hall–Kier alpha value is -2.34. The first kappa shape index (κ1) is 16.8. The predicted molar refractivity (Wildman–Crippen MR) is 93.1 cm³/mol. The Morgan fingerprint density at radius 3 is 3.00 bits per heavy atom. The number of rotatable bonds is 2. The Balaban J connectivity index is 1.64. The van der Waals surface area contributed by atoms with Crippen LogP contribution in [0.1, 0.15) is 43.8 Å². The average Bonchev–Trinajstić information content (AvgIpc) is 3.33. The molecule has 0 radical (unpaired) electrons. The van der Waals surface area contributed by atoms with Gasteiger partial charge < -0.3 is 18.6 Å². The first-order valence-corrected chi connectivity index (χ1v) is 9.40. The summed E-state index contributed by atoms with van der Waals surface area (Å²) in [6.07, 6.45) is 7.63. The quantitative estimate of drug-likeness (QED) is 0.586. The van der Waals surface area contributed by atoms with Crippen molar-refractivity contribution in [3.63, 3.8) is 0 Å². The molecular weight excluding hydrogens is 348 g/mol. The molecular formula is C21H22O6. The van der Waals surface area contributed by atoms with Crippen molar-refractivity contribution in [2.45, 2.75) is 44.5 Å². The van der Waals surface area contributed by atoms with Crippen molar-refractivity contribution in [1.82, 2.24) is 0 Å². The van der Waals surface area contributed by atoms with E-state index in [4.69, 9.17) is 18.6 Å². The topological polar surface area (TPSA) is 75.0 Å². The van der Waals surface area contributed by atoms with E-state index in [1.807, 2.05) is 12.1 Å². The molecule has 5 atom stereocenters. The molecule has 4 aliphatic rings. The van der Waals surface area contributed by atoms with Crippen LogP contribution < -0.4 is 0 Å². The van der Waals surface area contributed by atoms with Gasteiger partial charge in [-0.3, -0.25) is 4.79 Å². The molecule has 142 valence electrons. The van der Waals surface area contributed by atoms with Gasteiger partial charge in [0.25, 0.3) is 0 Å². The minimum atomic E-state index is -0.961. The number of furan rings is 1. The Morgan fingerprint density at radius 2 is 2.26 bits per heavy atom. The highest BCUT2D eigenvalue weighted by molar-refractivity contribution is 5.99. The fourth-order valence-electron chi connectivity index (χ4n) is 5.90. The van der Waals surface area contributed by atoms with Gasteiger partial charge in [-0.2, -0.15) is 0 Å². The predicted octanol–water partition coefficient (Wildman–Crippen LogP) is 3.46. The van der Waals surface area contributed by atoms with Gasteiger partial charge >= 0.3 is 11.9 Å². The number of esters is 2. The third-order valence-electron chi connectivity index (χ3n) is 7.11. The van der Waals surface area contributed by atoms with Crippen LogP contribution in [-0.2, 0) is 23.8 Å². The number of allylic oxidation sites excluding steroid dienone is 1. The number of carbonyl (C=O) groups excluding carboxylic acids is 2. The smallest absolute Gasteiger partial charge is 0.334 e. The van der Waals surface area contributed by atoms with Gasteiger partial charge in [-0.1, -0.05) is 18.2 Å². The van der Waals surface area contributed by atoms with Crippen LogP contribution in [0.25, 0.3) is 0 Å². The molecule has 2 aliphatic heterocycles. The Labute approximate surface area is 157 Å². The standard InChI is InChI=1S/C21H22O6/c1-12-6-8-20-14(17(22)24-2)4-3-5-16(20)21(12)10-15(13-7-9-25-11-13)26-19(21)27-18(20)23/h4,7,9,11,15-16,19H,1,3,5-6,8,10H2,2H3/t15-,16-,19+,20+,21+/m0/s1. The van der Waals surface area contributed by atoms with E-state index in [-0.39, 0.29) is 18.0 Å². The first-order valence-electron chi connectivity index (χ1n) is 9.40. The molecule has 0 aromatic carbocycles. The molecule has 1 aromatic rings. The second-order valence-electron chi connectivity index (χ2n) is 7.98. The molecule has 0 amide bonds. The van der Waals surface area contributed by atoms with Gasteiger partial charge in [-0.25, -0.2) is 4.79 Å². The van der Waals surface area contributed by atoms with E-state index in [1.165, 1.54) is 7.11 Å². The Kier molecular flexibility index (Phi) is 3.47. The van der Waals surface area contributed by atoms with Gasteiger partial charge in [0.15, 0.2) is 0 Å². The molecule has 2 aliphatic carbocycles. The van der Waals surface area contributed by atoms with Gasteiger partial charge in [-0.05, 0) is 44.1 Å². The summed E-state index contributed by atoms with van der Waals surface area (Å²) in [4.78, 5) is 25.8. The van der Waals surface area contributed by atoms with Gasteiger partial charge in [0.2, 0.25) is 6.29 Å². The minimum absolute atomic E-state index is 0.0755. The normalized spacial score (nSPS) is 39.9. The zero-order valence-electron chi connectivity index (χ0n) is 15.2. The van der Waals surface area contributed by atoms with Crippen LogP contribution in [0.2, 0.25) is 0 Å². The zero-order chi connectivity index (χ0) is 18.8. The Bertz CT molecular complexity index is 852. The van der Waals surface area contributed by atoms with E-state index >= 15 is 0 Å². The largest absolute Gasteiger partial charge is 0.472 e. The second kappa shape index (κ2) is 5.58. The highest BCUT2D eigenvalue weighted by Crippen LogP contribution is 2.70. The van der Waals surface area contributed by atoms with Crippen molar-refractivity contribution in [3.8, 4) is 0 Å². The molecule has 0 unspecified atom stereocenters. The zero-order valence-corrected chi connectivity index (χ0v) is 15.2. The summed E-state index contributed by atoms with van der Waals surface area (Å²) >= 11 is 0. The molecule has 0 N–H and O–H groups in total. The third kappa shape index (κ3) is 1.94. The fourth-order valence-corrected chi connectivity index (χ4v) is 5.90. The number of methoxy groups -OCH3 is 1. The van der Waals surface area contributed by atoms with Gasteiger partial charge in [0.05, 0.1) is 36.7 Å². The molecule has 2 bridgehead atoms. The van der Waals surface area contributed by atoms with Crippen LogP contribution in [0.3, 0.4) is 0 Å². The van der Waals surface area contributed by atoms with Crippen LogP contribution in [0.4, 0.5) is 0 Å². The van der Waals surface area contributed by atoms with Gasteiger partial charge in [0, 0.05) is 5.56 Å². The summed E-state index contributed by atoms with van der Waals surface area (Å²) in [6, 6.07) is 1.87. The first-order chi connectivity index (χ1) is 13.0. The molecule has 3 fully saturated rings. The van der Waals surface area contributed by atoms with E-state index in [2.05, 4.69) is 6.58 Å². The highest BCUT2D eigenvalue weighted by Gasteiger charge is 2.72. The van der Waals surface area contributed by atoms with Crippen molar-refractivity contribution in [1.29, 1.82) is 0 Å². The molecule has 6 nitrogen and oxygen atoms in total. The van der Waals surface area contributed by atoms with E-state index in [9.17, 15) is 9.59 Å². The average molecular weight is 370 g/mol. The van der Waals surface area contributed by atoms with Crippen molar-refractivity contribution < 1.29 is 28.2 Å². The highest BCUT2D eigenvalue weighted by atomic mass is 16.7. The van der Waals surface area contributed by atoms with Crippen molar-refractivity contribution in [2.75, 3.05) is 7.11 Å². The molecule has 1 saturated carbocycles. The monoisotopic (exact) mass is 370 g/mol. The van der Waals surface area contributed by atoms with Crippen LogP contribution in [-0.4, -0.2) is 25.3 Å². The number of hydrogen-bond acceptors (Lipinski definition) is 6. The lowest BCUT2D eigenvalue weighted by molar-refractivity contribution is -0.241. The van der Waals surface area contributed by atoms with Crippen molar-refractivity contribution in [3.05, 3.63) is 48.0 Å². The number of ether oxygens (including phenoxy) is 3. The lowest BCUT2D eigenvalue weighted by Gasteiger charge is -2.59. The van der Waals surface area contributed by atoms with Gasteiger partial charge in [-0.15, -0.1) is 0 Å². The maximum absolute atomic E-state index is 13.2. The summed E-state index contributed by atoms with van der Waals surface area (Å²) in [7, 11) is 1.35. The van der Waals surface area contributed by atoms with E-state index in [0.29, 0.717) is 24.8 Å². The maximum atomic E-state index is 13.2. The number of carbonyl (C=O) groups is 2. The number of hydrogen-bond donors (Lipinski definition) is 0. The lowest BCUT2D eigenvalue weighted by Crippen LogP contribution is -2.63. The van der Waals surface area contributed by atoms with Crippen molar-refractivity contribution >= 4 is 11.9 Å².